The highest BCUT2D eigenvalue weighted by Gasteiger charge is 2.40. The van der Waals surface area contributed by atoms with Crippen LogP contribution in [0.15, 0.2) is 0 Å². The average molecular weight is 282 g/mol. The van der Waals surface area contributed by atoms with Gasteiger partial charge < -0.3 is 10.2 Å². The lowest BCUT2D eigenvalue weighted by Gasteiger charge is -2.44. The number of aliphatic hydroxyl groups is 2. The van der Waals surface area contributed by atoms with Gasteiger partial charge in [0.15, 0.2) is 0 Å². The highest BCUT2D eigenvalue weighted by molar-refractivity contribution is 4.91. The van der Waals surface area contributed by atoms with Crippen LogP contribution >= 0.6 is 0 Å². The molecule has 2 heteroatoms. The van der Waals surface area contributed by atoms with Crippen LogP contribution in [0, 0.1) is 29.1 Å². The smallest absolute Gasteiger partial charge is 0.0621 e. The van der Waals surface area contributed by atoms with E-state index in [2.05, 4.69) is 27.7 Å². The van der Waals surface area contributed by atoms with Crippen LogP contribution in [0.4, 0.5) is 0 Å². The van der Waals surface area contributed by atoms with Gasteiger partial charge in [-0.05, 0) is 67.6 Å². The molecule has 0 aliphatic heterocycles. The molecule has 0 aromatic rings. The Balaban J connectivity index is 1.89. The summed E-state index contributed by atoms with van der Waals surface area (Å²) in [6.07, 6.45) is 7.90. The molecular weight excluding hydrogens is 248 g/mol. The number of hydrogen-bond donors (Lipinski definition) is 2. The van der Waals surface area contributed by atoms with E-state index in [1.165, 1.54) is 25.7 Å². The van der Waals surface area contributed by atoms with Crippen LogP contribution in [0.2, 0.25) is 0 Å². The van der Waals surface area contributed by atoms with E-state index in [1.807, 2.05) is 0 Å². The molecule has 2 aliphatic carbocycles. The molecule has 0 heterocycles. The third kappa shape index (κ3) is 3.57. The monoisotopic (exact) mass is 282 g/mol. The Hall–Kier alpha value is -0.0800. The van der Waals surface area contributed by atoms with Crippen LogP contribution in [-0.2, 0) is 0 Å². The van der Waals surface area contributed by atoms with Crippen molar-refractivity contribution < 1.29 is 10.2 Å². The van der Waals surface area contributed by atoms with E-state index in [1.54, 1.807) is 0 Å². The van der Waals surface area contributed by atoms with Crippen molar-refractivity contribution in [2.24, 2.45) is 29.1 Å². The lowest BCUT2D eigenvalue weighted by atomic mass is 9.64. The minimum Gasteiger partial charge on any atom is -0.393 e. The average Bonchev–Trinajstić information content (AvgIpc) is 2.37. The van der Waals surface area contributed by atoms with Crippen LogP contribution in [0.25, 0.3) is 0 Å². The van der Waals surface area contributed by atoms with Gasteiger partial charge in [0.1, 0.15) is 0 Å². The van der Waals surface area contributed by atoms with Gasteiger partial charge in [0, 0.05) is 0 Å². The van der Waals surface area contributed by atoms with Gasteiger partial charge in [-0.25, -0.2) is 0 Å². The first-order valence-electron chi connectivity index (χ1n) is 8.67. The molecule has 0 aromatic carbocycles. The lowest BCUT2D eigenvalue weighted by Crippen LogP contribution is -2.43. The Bertz CT molecular complexity index is 313. The predicted octanol–water partition coefficient (Wildman–Crippen LogP) is 4.00. The molecule has 0 aromatic heterocycles. The van der Waals surface area contributed by atoms with Crippen molar-refractivity contribution in [3.63, 3.8) is 0 Å². The quantitative estimate of drug-likeness (QED) is 0.821. The molecule has 2 saturated carbocycles. The Morgan fingerprint density at radius 3 is 2.50 bits per heavy atom. The Labute approximate surface area is 125 Å². The van der Waals surface area contributed by atoms with Crippen LogP contribution < -0.4 is 0 Å². The van der Waals surface area contributed by atoms with Crippen LogP contribution in [-0.4, -0.2) is 22.4 Å². The van der Waals surface area contributed by atoms with Gasteiger partial charge in [0.25, 0.3) is 0 Å². The molecule has 118 valence electrons. The summed E-state index contributed by atoms with van der Waals surface area (Å²) in [7, 11) is 0. The van der Waals surface area contributed by atoms with Gasteiger partial charge in [-0.15, -0.1) is 0 Å². The molecule has 0 amide bonds. The first-order valence-corrected chi connectivity index (χ1v) is 8.67. The topological polar surface area (TPSA) is 40.5 Å². The molecule has 2 nitrogen and oxygen atoms in total. The lowest BCUT2D eigenvalue weighted by molar-refractivity contribution is -0.0566. The summed E-state index contributed by atoms with van der Waals surface area (Å²) in [5.41, 5.74) is 0.0811. The maximum atomic E-state index is 10.6. The maximum Gasteiger partial charge on any atom is 0.0621 e. The first kappa shape index (κ1) is 16.3. The molecule has 6 atom stereocenters. The fourth-order valence-electron chi connectivity index (χ4n) is 4.57. The van der Waals surface area contributed by atoms with Crippen LogP contribution in [0.1, 0.15) is 72.6 Å². The summed E-state index contributed by atoms with van der Waals surface area (Å²) in [4.78, 5) is 0. The molecule has 6 unspecified atom stereocenters. The summed E-state index contributed by atoms with van der Waals surface area (Å²) in [6.45, 7) is 8.91. The highest BCUT2D eigenvalue weighted by Crippen LogP contribution is 2.44. The Kier molecular flexibility index (Phi) is 5.18. The van der Waals surface area contributed by atoms with E-state index in [9.17, 15) is 10.2 Å². The number of hydrogen-bond acceptors (Lipinski definition) is 2. The molecule has 0 bridgehead atoms. The van der Waals surface area contributed by atoms with Gasteiger partial charge in [0.05, 0.1) is 12.2 Å². The first-order chi connectivity index (χ1) is 9.31. The second-order valence-electron chi connectivity index (χ2n) is 8.43. The van der Waals surface area contributed by atoms with Crippen molar-refractivity contribution >= 4 is 0 Å². The summed E-state index contributed by atoms with van der Waals surface area (Å²) < 4.78 is 0. The molecule has 2 N–H and O–H groups in total. The molecular formula is C18H34O2. The molecule has 0 saturated heterocycles. The third-order valence-corrected chi connectivity index (χ3v) is 6.26. The summed E-state index contributed by atoms with van der Waals surface area (Å²) in [6, 6.07) is 0. The fraction of sp³-hybridized carbons (Fsp3) is 1.00. The second-order valence-corrected chi connectivity index (χ2v) is 8.43. The van der Waals surface area contributed by atoms with Gasteiger partial charge in [-0.2, -0.15) is 0 Å². The van der Waals surface area contributed by atoms with Crippen LogP contribution in [0.5, 0.6) is 0 Å². The molecule has 2 aliphatic rings. The van der Waals surface area contributed by atoms with Gasteiger partial charge in [-0.3, -0.25) is 0 Å². The predicted molar refractivity (Wildman–Crippen MR) is 83.4 cm³/mol. The Morgan fingerprint density at radius 2 is 1.85 bits per heavy atom. The third-order valence-electron chi connectivity index (χ3n) is 6.26. The molecule has 0 spiro atoms. The van der Waals surface area contributed by atoms with Crippen molar-refractivity contribution in [3.8, 4) is 0 Å². The molecule has 20 heavy (non-hydrogen) atoms. The van der Waals surface area contributed by atoms with Gasteiger partial charge in [-0.1, -0.05) is 34.1 Å². The normalized spacial score (nSPS) is 43.2. The zero-order chi connectivity index (χ0) is 14.9. The number of rotatable bonds is 3. The summed E-state index contributed by atoms with van der Waals surface area (Å²) >= 11 is 0. The zero-order valence-corrected chi connectivity index (χ0v) is 13.8. The molecule has 2 fully saturated rings. The van der Waals surface area contributed by atoms with Crippen molar-refractivity contribution in [3.05, 3.63) is 0 Å². The zero-order valence-electron chi connectivity index (χ0n) is 13.8. The fourth-order valence-corrected chi connectivity index (χ4v) is 4.57. The molecule has 2 rings (SSSR count). The molecule has 0 radical (unpaired) electrons. The minimum atomic E-state index is -0.154. The van der Waals surface area contributed by atoms with Crippen molar-refractivity contribution in [2.75, 3.05) is 0 Å². The van der Waals surface area contributed by atoms with Crippen molar-refractivity contribution in [1.29, 1.82) is 0 Å². The summed E-state index contributed by atoms with van der Waals surface area (Å²) in [5, 5.41) is 20.7. The summed E-state index contributed by atoms with van der Waals surface area (Å²) in [5.74, 6) is 2.17. The van der Waals surface area contributed by atoms with E-state index in [-0.39, 0.29) is 17.6 Å². The van der Waals surface area contributed by atoms with Gasteiger partial charge >= 0.3 is 0 Å². The largest absolute Gasteiger partial charge is 0.393 e. The van der Waals surface area contributed by atoms with Crippen molar-refractivity contribution in [1.82, 2.24) is 0 Å². The van der Waals surface area contributed by atoms with Gasteiger partial charge in [0.2, 0.25) is 0 Å². The second kappa shape index (κ2) is 6.36. The van der Waals surface area contributed by atoms with E-state index in [0.717, 1.165) is 19.3 Å². The minimum absolute atomic E-state index is 0.0811. The standard InChI is InChI=1S/C18H34O2/c1-12-7-8-14(11-16(12)19)10-13(2)15-6-5-9-18(3,4)17(15)20/h12-17,19-20H,5-11H2,1-4H3. The van der Waals surface area contributed by atoms with E-state index >= 15 is 0 Å². The number of aliphatic hydroxyl groups excluding tert-OH is 2. The maximum absolute atomic E-state index is 10.6. The van der Waals surface area contributed by atoms with E-state index in [0.29, 0.717) is 23.7 Å². The van der Waals surface area contributed by atoms with E-state index in [4.69, 9.17) is 0 Å². The van der Waals surface area contributed by atoms with Crippen molar-refractivity contribution in [2.45, 2.75) is 84.8 Å². The van der Waals surface area contributed by atoms with Crippen LogP contribution in [0.3, 0.4) is 0 Å². The highest BCUT2D eigenvalue weighted by atomic mass is 16.3. The van der Waals surface area contributed by atoms with E-state index < -0.39 is 0 Å². The Morgan fingerprint density at radius 1 is 1.15 bits per heavy atom. The SMILES string of the molecule is CC1CCC(CC(C)C2CCCC(C)(C)C2O)CC1O.